The molecule has 0 saturated carbocycles. The van der Waals surface area contributed by atoms with Crippen molar-refractivity contribution in [2.45, 2.75) is 32.4 Å². The first-order valence-electron chi connectivity index (χ1n) is 8.69. The normalized spacial score (nSPS) is 17.6. The van der Waals surface area contributed by atoms with E-state index < -0.39 is 16.9 Å². The maximum Gasteiger partial charge on any atom is 0.436 e. The largest absolute Gasteiger partial charge is 0.436 e. The van der Waals surface area contributed by atoms with Crippen molar-refractivity contribution in [1.82, 2.24) is 29.4 Å². The summed E-state index contributed by atoms with van der Waals surface area (Å²) in [5.41, 5.74) is 0.694. The fraction of sp³-hybridized carbons (Fsp3) is 0.412. The lowest BCUT2D eigenvalue weighted by molar-refractivity contribution is -0.141. The average molecular weight is 427 g/mol. The molecule has 0 aliphatic heterocycles. The number of hydrogen-bond acceptors (Lipinski definition) is 5. The second-order valence-electron chi connectivity index (χ2n) is 7.11. The van der Waals surface area contributed by atoms with Crippen LogP contribution >= 0.6 is 22.9 Å². The summed E-state index contributed by atoms with van der Waals surface area (Å²) >= 11 is 7.65. The summed E-state index contributed by atoms with van der Waals surface area (Å²) in [6.07, 6.45) is -0.0845. The van der Waals surface area contributed by atoms with E-state index in [4.69, 9.17) is 11.6 Å². The van der Waals surface area contributed by atoms with Crippen LogP contribution in [0.15, 0.2) is 6.33 Å². The molecule has 0 spiro atoms. The third-order valence-electron chi connectivity index (χ3n) is 5.10. The van der Waals surface area contributed by atoms with Gasteiger partial charge in [-0.25, -0.2) is 14.5 Å². The number of aryl methyl sites for hydroxylation is 2. The summed E-state index contributed by atoms with van der Waals surface area (Å²) in [4.78, 5) is 11.2. The van der Waals surface area contributed by atoms with Gasteiger partial charge in [0.15, 0.2) is 11.3 Å². The molecule has 4 heterocycles. The summed E-state index contributed by atoms with van der Waals surface area (Å²) in [6, 6.07) is 0. The standard InChI is InChI=1S/C17H14ClF3N6S/c1-7-3-4-8-9(5-7)28-16-10(8)15-23-14(25-27(15)6-22-16)12-11(18)13(17(19,20)21)24-26(12)2/h6-7H,3-5H2,1-2H3. The van der Waals surface area contributed by atoms with Crippen LogP contribution in [0.4, 0.5) is 13.2 Å². The monoisotopic (exact) mass is 426 g/mol. The van der Waals surface area contributed by atoms with Gasteiger partial charge in [-0.1, -0.05) is 18.5 Å². The number of nitrogens with zero attached hydrogens (tertiary/aromatic N) is 6. The Kier molecular flexibility index (Phi) is 3.76. The highest BCUT2D eigenvalue weighted by atomic mass is 35.5. The smallest absolute Gasteiger partial charge is 0.262 e. The van der Waals surface area contributed by atoms with Crippen molar-refractivity contribution in [2.24, 2.45) is 13.0 Å². The maximum atomic E-state index is 13.1. The van der Waals surface area contributed by atoms with Crippen LogP contribution in [0.3, 0.4) is 0 Å². The Labute approximate surface area is 166 Å². The average Bonchev–Trinajstić information content (AvgIpc) is 3.26. The van der Waals surface area contributed by atoms with E-state index in [1.54, 1.807) is 11.3 Å². The van der Waals surface area contributed by atoms with Gasteiger partial charge >= 0.3 is 6.18 Å². The van der Waals surface area contributed by atoms with Gasteiger partial charge in [0.1, 0.15) is 21.9 Å². The lowest BCUT2D eigenvalue weighted by Crippen LogP contribution is -2.08. The Morgan fingerprint density at radius 1 is 1.29 bits per heavy atom. The van der Waals surface area contributed by atoms with Crippen molar-refractivity contribution < 1.29 is 13.2 Å². The fourth-order valence-electron chi connectivity index (χ4n) is 3.76. The molecule has 11 heteroatoms. The molecule has 1 aliphatic rings. The second-order valence-corrected chi connectivity index (χ2v) is 8.57. The first-order valence-corrected chi connectivity index (χ1v) is 9.89. The molecule has 0 bridgehead atoms. The Morgan fingerprint density at radius 2 is 2.07 bits per heavy atom. The summed E-state index contributed by atoms with van der Waals surface area (Å²) in [5, 5.41) is 8.27. The topological polar surface area (TPSA) is 60.9 Å². The highest BCUT2D eigenvalue weighted by Gasteiger charge is 2.39. The van der Waals surface area contributed by atoms with Gasteiger partial charge < -0.3 is 0 Å². The van der Waals surface area contributed by atoms with Gasteiger partial charge in [0.25, 0.3) is 0 Å². The number of aromatic nitrogens is 6. The Bertz CT molecular complexity index is 1240. The molecule has 4 aromatic heterocycles. The summed E-state index contributed by atoms with van der Waals surface area (Å²) in [5.74, 6) is 0.716. The Balaban J connectivity index is 1.74. The van der Waals surface area contributed by atoms with Crippen LogP contribution in [0, 0.1) is 5.92 Å². The van der Waals surface area contributed by atoms with Crippen LogP contribution in [0.25, 0.3) is 27.4 Å². The van der Waals surface area contributed by atoms with Crippen LogP contribution in [0.2, 0.25) is 5.02 Å². The molecule has 0 N–H and O–H groups in total. The number of alkyl halides is 3. The van der Waals surface area contributed by atoms with E-state index in [1.165, 1.54) is 28.3 Å². The summed E-state index contributed by atoms with van der Waals surface area (Å²) in [7, 11) is 1.39. The molecule has 0 aromatic carbocycles. The van der Waals surface area contributed by atoms with E-state index in [0.29, 0.717) is 11.6 Å². The van der Waals surface area contributed by atoms with Gasteiger partial charge in [0.05, 0.1) is 5.39 Å². The molecule has 5 rings (SSSR count). The van der Waals surface area contributed by atoms with Crippen molar-refractivity contribution in [3.8, 4) is 11.5 Å². The molecule has 1 aliphatic carbocycles. The molecular formula is C17H14ClF3N6S. The zero-order chi connectivity index (χ0) is 19.8. The number of rotatable bonds is 1. The molecule has 0 radical (unpaired) electrons. The highest BCUT2D eigenvalue weighted by Crippen LogP contribution is 2.41. The van der Waals surface area contributed by atoms with Crippen LogP contribution in [0.1, 0.15) is 29.5 Å². The molecule has 1 unspecified atom stereocenters. The molecule has 1 atom stereocenters. The zero-order valence-electron chi connectivity index (χ0n) is 14.9. The number of hydrogen-bond donors (Lipinski definition) is 0. The van der Waals surface area contributed by atoms with Crippen LogP contribution in [-0.2, 0) is 26.1 Å². The van der Waals surface area contributed by atoms with E-state index in [0.717, 1.165) is 34.2 Å². The van der Waals surface area contributed by atoms with Gasteiger partial charge in [-0.2, -0.15) is 18.3 Å². The predicted octanol–water partition coefficient (Wildman–Crippen LogP) is 4.54. The molecule has 4 aromatic rings. The minimum absolute atomic E-state index is 0.0311. The SMILES string of the molecule is CC1CCc2c(sc3ncn4nc(-c5c(Cl)c(C(F)(F)F)nn5C)nc4c23)C1. The van der Waals surface area contributed by atoms with E-state index in [9.17, 15) is 13.2 Å². The third kappa shape index (κ3) is 2.54. The molecular weight excluding hydrogens is 413 g/mol. The maximum absolute atomic E-state index is 13.1. The van der Waals surface area contributed by atoms with Crippen molar-refractivity contribution in [2.75, 3.05) is 0 Å². The molecule has 28 heavy (non-hydrogen) atoms. The molecule has 0 saturated heterocycles. The van der Waals surface area contributed by atoms with Crippen LogP contribution < -0.4 is 0 Å². The number of fused-ring (bicyclic) bond motifs is 5. The van der Waals surface area contributed by atoms with Gasteiger partial charge in [-0.05, 0) is 30.7 Å². The molecule has 0 amide bonds. The fourth-order valence-corrected chi connectivity index (χ4v) is 5.46. The highest BCUT2D eigenvalue weighted by molar-refractivity contribution is 7.19. The second kappa shape index (κ2) is 5.90. The summed E-state index contributed by atoms with van der Waals surface area (Å²) in [6.45, 7) is 2.23. The number of thiophene rings is 1. The van der Waals surface area contributed by atoms with Crippen molar-refractivity contribution >= 4 is 38.8 Å². The summed E-state index contributed by atoms with van der Waals surface area (Å²) < 4.78 is 42.0. The third-order valence-corrected chi connectivity index (χ3v) is 6.62. The van der Waals surface area contributed by atoms with Crippen LogP contribution in [-0.4, -0.2) is 29.4 Å². The van der Waals surface area contributed by atoms with Crippen molar-refractivity contribution in [1.29, 1.82) is 0 Å². The Hall–Kier alpha value is -2.20. The number of halogens is 4. The lowest BCUT2D eigenvalue weighted by atomic mass is 9.89. The first kappa shape index (κ1) is 17.9. The zero-order valence-corrected chi connectivity index (χ0v) is 16.5. The van der Waals surface area contributed by atoms with E-state index in [2.05, 4.69) is 27.1 Å². The predicted molar refractivity (Wildman–Crippen MR) is 99.6 cm³/mol. The first-order chi connectivity index (χ1) is 13.2. The quantitative estimate of drug-likeness (QED) is 0.448. The van der Waals surface area contributed by atoms with Crippen LogP contribution in [0.5, 0.6) is 0 Å². The van der Waals surface area contributed by atoms with Gasteiger partial charge in [-0.15, -0.1) is 16.4 Å². The van der Waals surface area contributed by atoms with Gasteiger partial charge in [-0.3, -0.25) is 4.68 Å². The van der Waals surface area contributed by atoms with Gasteiger partial charge in [0.2, 0.25) is 5.82 Å². The van der Waals surface area contributed by atoms with E-state index in [-0.39, 0.29) is 11.5 Å². The van der Waals surface area contributed by atoms with Crippen molar-refractivity contribution in [3.05, 3.63) is 27.5 Å². The molecule has 6 nitrogen and oxygen atoms in total. The molecule has 146 valence electrons. The minimum Gasteiger partial charge on any atom is -0.262 e. The molecule has 0 fully saturated rings. The Morgan fingerprint density at radius 3 is 2.79 bits per heavy atom. The van der Waals surface area contributed by atoms with Crippen molar-refractivity contribution in [3.63, 3.8) is 0 Å². The lowest BCUT2D eigenvalue weighted by Gasteiger charge is -2.17. The minimum atomic E-state index is -4.65. The van der Waals surface area contributed by atoms with E-state index >= 15 is 0 Å². The van der Waals surface area contributed by atoms with Gasteiger partial charge in [0, 0.05) is 11.9 Å². The van der Waals surface area contributed by atoms with E-state index in [1.807, 2.05) is 0 Å².